The van der Waals surface area contributed by atoms with Crippen LogP contribution in [0.3, 0.4) is 0 Å². The Morgan fingerprint density at radius 3 is 0.708 bits per heavy atom. The minimum absolute atomic E-state index is 0.833. The lowest BCUT2D eigenvalue weighted by atomic mass is 10.1. The standard InChI is InChI=1S/C8H18.4C2H4O2/c1-3-5-7-8-6-4-2;4*1-2(3)4/h3-8H2,1-2H3;4*1H3,(H,3,4). The van der Waals surface area contributed by atoms with Crippen molar-refractivity contribution in [3.63, 3.8) is 0 Å². The maximum Gasteiger partial charge on any atom is 0.300 e. The second-order valence-electron chi connectivity index (χ2n) is 4.49. The normalized spacial score (nSPS) is 7.42. The van der Waals surface area contributed by atoms with Crippen LogP contribution in [0.25, 0.3) is 0 Å². The summed E-state index contributed by atoms with van der Waals surface area (Å²) in [4.78, 5) is 36.0. The van der Waals surface area contributed by atoms with Crippen molar-refractivity contribution in [1.82, 2.24) is 0 Å². The van der Waals surface area contributed by atoms with Gasteiger partial charge in [-0.1, -0.05) is 52.4 Å². The molecule has 0 spiro atoms. The van der Waals surface area contributed by atoms with Crippen LogP contribution in [-0.4, -0.2) is 44.3 Å². The third kappa shape index (κ3) is 854. The number of carboxylic acids is 4. The first kappa shape index (κ1) is 33.5. The Labute approximate surface area is 144 Å². The van der Waals surface area contributed by atoms with Crippen LogP contribution in [-0.2, 0) is 19.2 Å². The highest BCUT2D eigenvalue weighted by atomic mass is 16.4. The van der Waals surface area contributed by atoms with Gasteiger partial charge >= 0.3 is 0 Å². The van der Waals surface area contributed by atoms with E-state index in [1.807, 2.05) is 0 Å². The van der Waals surface area contributed by atoms with E-state index in [0.717, 1.165) is 27.7 Å². The van der Waals surface area contributed by atoms with Crippen LogP contribution in [0.1, 0.15) is 80.1 Å². The zero-order valence-electron chi connectivity index (χ0n) is 15.7. The number of hydrogen-bond acceptors (Lipinski definition) is 4. The Bertz CT molecular complexity index is 230. The van der Waals surface area contributed by atoms with E-state index in [-0.39, 0.29) is 0 Å². The monoisotopic (exact) mass is 354 g/mol. The molecule has 0 radical (unpaired) electrons. The molecule has 0 aliphatic rings. The van der Waals surface area contributed by atoms with Gasteiger partial charge in [-0.3, -0.25) is 19.2 Å². The molecule has 146 valence electrons. The molecule has 0 aliphatic carbocycles. The van der Waals surface area contributed by atoms with Crippen molar-refractivity contribution in [2.75, 3.05) is 0 Å². The predicted molar refractivity (Wildman–Crippen MR) is 92.3 cm³/mol. The lowest BCUT2D eigenvalue weighted by Gasteiger charge is -1.93. The average Bonchev–Trinajstić information content (AvgIpc) is 2.32. The summed E-state index contributed by atoms with van der Waals surface area (Å²) < 4.78 is 0. The second-order valence-corrected chi connectivity index (χ2v) is 4.49. The summed E-state index contributed by atoms with van der Waals surface area (Å²) >= 11 is 0. The summed E-state index contributed by atoms with van der Waals surface area (Å²) in [5.41, 5.74) is 0. The first-order valence-corrected chi connectivity index (χ1v) is 7.63. The Morgan fingerprint density at radius 2 is 0.625 bits per heavy atom. The average molecular weight is 354 g/mol. The molecule has 8 nitrogen and oxygen atoms in total. The van der Waals surface area contributed by atoms with Gasteiger partial charge in [0.2, 0.25) is 0 Å². The molecule has 24 heavy (non-hydrogen) atoms. The fraction of sp³-hybridized carbons (Fsp3) is 0.750. The van der Waals surface area contributed by atoms with E-state index in [4.69, 9.17) is 39.6 Å². The third-order valence-corrected chi connectivity index (χ3v) is 1.46. The molecule has 8 heteroatoms. The van der Waals surface area contributed by atoms with Crippen molar-refractivity contribution in [3.05, 3.63) is 0 Å². The number of unbranched alkanes of at least 4 members (excludes halogenated alkanes) is 5. The van der Waals surface area contributed by atoms with E-state index in [1.54, 1.807) is 0 Å². The van der Waals surface area contributed by atoms with Gasteiger partial charge < -0.3 is 20.4 Å². The van der Waals surface area contributed by atoms with Crippen LogP contribution in [0.4, 0.5) is 0 Å². The maximum atomic E-state index is 9.00. The lowest BCUT2D eigenvalue weighted by molar-refractivity contribution is -0.135. The smallest absolute Gasteiger partial charge is 0.300 e. The topological polar surface area (TPSA) is 149 Å². The minimum Gasteiger partial charge on any atom is -0.481 e. The van der Waals surface area contributed by atoms with Gasteiger partial charge in [0.05, 0.1) is 0 Å². The summed E-state index contributed by atoms with van der Waals surface area (Å²) in [6, 6.07) is 0. The van der Waals surface area contributed by atoms with Crippen molar-refractivity contribution in [1.29, 1.82) is 0 Å². The number of rotatable bonds is 5. The molecule has 0 saturated heterocycles. The molecular formula is C16H34O8. The third-order valence-electron chi connectivity index (χ3n) is 1.46. The number of carboxylic acid groups (broad SMARTS) is 4. The molecule has 0 amide bonds. The first-order chi connectivity index (χ1) is 10.8. The SMILES string of the molecule is CC(=O)O.CC(=O)O.CC(=O)O.CC(=O)O.CCCCCCCC. The summed E-state index contributed by atoms with van der Waals surface area (Å²) in [6.45, 7) is 8.85. The van der Waals surface area contributed by atoms with E-state index in [1.165, 1.54) is 38.5 Å². The van der Waals surface area contributed by atoms with Gasteiger partial charge in [-0.15, -0.1) is 0 Å². The van der Waals surface area contributed by atoms with Crippen LogP contribution < -0.4 is 0 Å². The van der Waals surface area contributed by atoms with Gasteiger partial charge in [0.15, 0.2) is 0 Å². The molecular weight excluding hydrogens is 320 g/mol. The van der Waals surface area contributed by atoms with E-state index < -0.39 is 23.9 Å². The highest BCUT2D eigenvalue weighted by Gasteiger charge is 1.83. The maximum absolute atomic E-state index is 9.00. The zero-order chi connectivity index (χ0) is 20.6. The fourth-order valence-corrected chi connectivity index (χ4v) is 0.854. The molecule has 0 bridgehead atoms. The molecule has 0 atom stereocenters. The van der Waals surface area contributed by atoms with Crippen molar-refractivity contribution in [2.24, 2.45) is 0 Å². The van der Waals surface area contributed by atoms with Gasteiger partial charge in [-0.2, -0.15) is 0 Å². The summed E-state index contributed by atoms with van der Waals surface area (Å²) in [6.07, 6.45) is 8.49. The number of carbonyl (C=O) groups is 4. The van der Waals surface area contributed by atoms with Crippen molar-refractivity contribution in [2.45, 2.75) is 80.1 Å². The highest BCUT2D eigenvalue weighted by Crippen LogP contribution is 2.03. The molecule has 0 aliphatic heterocycles. The summed E-state index contributed by atoms with van der Waals surface area (Å²) in [7, 11) is 0. The highest BCUT2D eigenvalue weighted by molar-refractivity contribution is 5.63. The predicted octanol–water partition coefficient (Wildman–Crippen LogP) is 3.73. The van der Waals surface area contributed by atoms with Gasteiger partial charge in [0.25, 0.3) is 23.9 Å². The largest absolute Gasteiger partial charge is 0.481 e. The van der Waals surface area contributed by atoms with E-state index in [0.29, 0.717) is 0 Å². The quantitative estimate of drug-likeness (QED) is 0.545. The van der Waals surface area contributed by atoms with E-state index in [9.17, 15) is 0 Å². The van der Waals surface area contributed by atoms with Gasteiger partial charge in [0.1, 0.15) is 0 Å². The zero-order valence-corrected chi connectivity index (χ0v) is 15.7. The molecule has 0 fully saturated rings. The van der Waals surface area contributed by atoms with E-state index in [2.05, 4.69) is 13.8 Å². The molecule has 0 unspecified atom stereocenters. The van der Waals surface area contributed by atoms with Gasteiger partial charge in [0, 0.05) is 27.7 Å². The van der Waals surface area contributed by atoms with Crippen LogP contribution in [0, 0.1) is 0 Å². The Morgan fingerprint density at radius 1 is 0.500 bits per heavy atom. The molecule has 0 aromatic heterocycles. The minimum atomic E-state index is -0.833. The Hall–Kier alpha value is -2.12. The molecule has 0 aromatic carbocycles. The second kappa shape index (κ2) is 32.7. The van der Waals surface area contributed by atoms with Crippen molar-refractivity contribution in [3.8, 4) is 0 Å². The van der Waals surface area contributed by atoms with Crippen LogP contribution in [0.5, 0.6) is 0 Å². The van der Waals surface area contributed by atoms with Crippen LogP contribution >= 0.6 is 0 Å². The summed E-state index contributed by atoms with van der Waals surface area (Å²) in [5, 5.41) is 29.7. The lowest BCUT2D eigenvalue weighted by Crippen LogP contribution is -1.78. The Kier molecular flexibility index (Phi) is 45.6. The molecule has 0 heterocycles. The van der Waals surface area contributed by atoms with Crippen molar-refractivity contribution >= 4 is 23.9 Å². The van der Waals surface area contributed by atoms with Crippen LogP contribution in [0.15, 0.2) is 0 Å². The van der Waals surface area contributed by atoms with E-state index >= 15 is 0 Å². The number of hydrogen-bond donors (Lipinski definition) is 4. The van der Waals surface area contributed by atoms with Crippen molar-refractivity contribution < 1.29 is 39.6 Å². The molecule has 0 aromatic rings. The number of aliphatic carboxylic acids is 4. The van der Waals surface area contributed by atoms with Gasteiger partial charge in [-0.05, 0) is 0 Å². The Balaban J connectivity index is -0.0000000657. The molecule has 0 rings (SSSR count). The van der Waals surface area contributed by atoms with Gasteiger partial charge in [-0.25, -0.2) is 0 Å². The molecule has 0 saturated carbocycles. The first-order valence-electron chi connectivity index (χ1n) is 7.63. The summed E-state index contributed by atoms with van der Waals surface area (Å²) in [5.74, 6) is -3.33. The van der Waals surface area contributed by atoms with Crippen LogP contribution in [0.2, 0.25) is 0 Å². The molecule has 4 N–H and O–H groups in total. The fourth-order valence-electron chi connectivity index (χ4n) is 0.854.